The SMILES string of the molecule is Cc1cccc(-c2cccc(C3CCCN(S(=O)(=O)N(C)C)C3)n2)c1. The minimum Gasteiger partial charge on any atom is -0.252 e. The third kappa shape index (κ3) is 3.92. The first-order valence-electron chi connectivity index (χ1n) is 8.59. The van der Waals surface area contributed by atoms with Gasteiger partial charge in [0.25, 0.3) is 10.2 Å². The molecule has 1 atom stereocenters. The molecule has 6 heteroatoms. The molecule has 1 unspecified atom stereocenters. The summed E-state index contributed by atoms with van der Waals surface area (Å²) in [5.41, 5.74) is 4.20. The lowest BCUT2D eigenvalue weighted by molar-refractivity contribution is 0.296. The average Bonchev–Trinajstić information content (AvgIpc) is 2.62. The van der Waals surface area contributed by atoms with Gasteiger partial charge in [0.1, 0.15) is 0 Å². The highest BCUT2D eigenvalue weighted by Crippen LogP contribution is 2.29. The van der Waals surface area contributed by atoms with Gasteiger partial charge < -0.3 is 0 Å². The van der Waals surface area contributed by atoms with Crippen molar-refractivity contribution in [2.45, 2.75) is 25.7 Å². The Balaban J connectivity index is 1.86. The Kier molecular flexibility index (Phi) is 5.22. The summed E-state index contributed by atoms with van der Waals surface area (Å²) in [6.45, 7) is 3.14. The highest BCUT2D eigenvalue weighted by Gasteiger charge is 2.31. The first-order valence-corrected chi connectivity index (χ1v) is 9.99. The Morgan fingerprint density at radius 2 is 1.92 bits per heavy atom. The van der Waals surface area contributed by atoms with Crippen LogP contribution in [0.1, 0.15) is 30.0 Å². The van der Waals surface area contributed by atoms with E-state index in [2.05, 4.69) is 25.1 Å². The third-order valence-electron chi connectivity index (χ3n) is 4.67. The van der Waals surface area contributed by atoms with E-state index in [1.165, 1.54) is 9.87 Å². The van der Waals surface area contributed by atoms with Gasteiger partial charge in [-0.3, -0.25) is 4.98 Å². The molecular formula is C19H25N3O2S. The fourth-order valence-electron chi connectivity index (χ4n) is 3.27. The molecule has 3 rings (SSSR count). The van der Waals surface area contributed by atoms with Crippen LogP contribution in [0.15, 0.2) is 42.5 Å². The van der Waals surface area contributed by atoms with Gasteiger partial charge in [0, 0.05) is 44.4 Å². The Labute approximate surface area is 150 Å². The monoisotopic (exact) mass is 359 g/mol. The largest absolute Gasteiger partial charge is 0.281 e. The normalized spacial score (nSPS) is 19.3. The fraction of sp³-hybridized carbons (Fsp3) is 0.421. The van der Waals surface area contributed by atoms with Crippen molar-refractivity contribution in [2.24, 2.45) is 0 Å². The van der Waals surface area contributed by atoms with Crippen molar-refractivity contribution < 1.29 is 8.42 Å². The number of aromatic nitrogens is 1. The van der Waals surface area contributed by atoms with Crippen molar-refractivity contribution in [3.05, 3.63) is 53.7 Å². The number of nitrogens with zero attached hydrogens (tertiary/aromatic N) is 3. The van der Waals surface area contributed by atoms with Crippen LogP contribution in [0.2, 0.25) is 0 Å². The first kappa shape index (κ1) is 18.0. The predicted molar refractivity (Wildman–Crippen MR) is 101 cm³/mol. The van der Waals surface area contributed by atoms with E-state index < -0.39 is 10.2 Å². The molecule has 5 nitrogen and oxygen atoms in total. The highest BCUT2D eigenvalue weighted by molar-refractivity contribution is 7.86. The van der Waals surface area contributed by atoms with Crippen LogP contribution < -0.4 is 0 Å². The van der Waals surface area contributed by atoms with Crippen molar-refractivity contribution in [3.63, 3.8) is 0 Å². The smallest absolute Gasteiger partial charge is 0.252 e. The summed E-state index contributed by atoms with van der Waals surface area (Å²) in [4.78, 5) is 4.83. The third-order valence-corrected chi connectivity index (χ3v) is 6.58. The maximum Gasteiger partial charge on any atom is 0.281 e. The molecule has 0 N–H and O–H groups in total. The second-order valence-corrected chi connectivity index (χ2v) is 8.95. The second-order valence-electron chi connectivity index (χ2n) is 6.80. The molecule has 2 heterocycles. The Morgan fingerprint density at radius 3 is 2.64 bits per heavy atom. The van der Waals surface area contributed by atoms with E-state index in [4.69, 9.17) is 4.98 Å². The number of hydrogen-bond acceptors (Lipinski definition) is 3. The van der Waals surface area contributed by atoms with Crippen molar-refractivity contribution in [2.75, 3.05) is 27.2 Å². The lowest BCUT2D eigenvalue weighted by Gasteiger charge is -2.33. The quantitative estimate of drug-likeness (QED) is 0.843. The summed E-state index contributed by atoms with van der Waals surface area (Å²) < 4.78 is 27.7. The molecule has 0 aliphatic carbocycles. The Morgan fingerprint density at radius 1 is 1.16 bits per heavy atom. The highest BCUT2D eigenvalue weighted by atomic mass is 32.2. The Bertz CT molecular complexity index is 849. The second kappa shape index (κ2) is 7.23. The van der Waals surface area contributed by atoms with Crippen LogP contribution in [-0.2, 0) is 10.2 Å². The van der Waals surface area contributed by atoms with Crippen LogP contribution >= 0.6 is 0 Å². The molecule has 1 aliphatic heterocycles. The number of pyridine rings is 1. The molecule has 0 amide bonds. The molecule has 1 saturated heterocycles. The van der Waals surface area contributed by atoms with Gasteiger partial charge in [-0.15, -0.1) is 0 Å². The lowest BCUT2D eigenvalue weighted by Crippen LogP contribution is -2.45. The molecule has 25 heavy (non-hydrogen) atoms. The molecule has 0 spiro atoms. The van der Waals surface area contributed by atoms with E-state index in [-0.39, 0.29) is 5.92 Å². The number of hydrogen-bond donors (Lipinski definition) is 0. The first-order chi connectivity index (χ1) is 11.9. The van der Waals surface area contributed by atoms with Crippen LogP contribution in [0.25, 0.3) is 11.3 Å². The topological polar surface area (TPSA) is 53.5 Å². The zero-order valence-electron chi connectivity index (χ0n) is 15.0. The van der Waals surface area contributed by atoms with Crippen LogP contribution in [0.3, 0.4) is 0 Å². The van der Waals surface area contributed by atoms with E-state index in [1.807, 2.05) is 24.3 Å². The standard InChI is InChI=1S/C19H25N3O2S/c1-15-7-4-8-16(13-15)18-10-5-11-19(20-18)17-9-6-12-22(14-17)25(23,24)21(2)3/h4-5,7-8,10-11,13,17H,6,9,12,14H2,1-3H3. The summed E-state index contributed by atoms with van der Waals surface area (Å²) in [7, 11) is -0.212. The molecule has 134 valence electrons. The van der Waals surface area contributed by atoms with Gasteiger partial charge in [-0.05, 0) is 38.0 Å². The van der Waals surface area contributed by atoms with E-state index >= 15 is 0 Å². The molecular weight excluding hydrogens is 334 g/mol. The maximum absolute atomic E-state index is 12.4. The summed E-state index contributed by atoms with van der Waals surface area (Å²) >= 11 is 0. The summed E-state index contributed by atoms with van der Waals surface area (Å²) in [5.74, 6) is 0.133. The average molecular weight is 359 g/mol. The zero-order valence-corrected chi connectivity index (χ0v) is 15.8. The fourth-order valence-corrected chi connectivity index (χ4v) is 4.46. The predicted octanol–water partition coefficient (Wildman–Crippen LogP) is 3.04. The minimum atomic E-state index is -3.37. The van der Waals surface area contributed by atoms with Gasteiger partial charge in [-0.25, -0.2) is 0 Å². The van der Waals surface area contributed by atoms with Gasteiger partial charge in [0.15, 0.2) is 0 Å². The van der Waals surface area contributed by atoms with E-state index in [1.54, 1.807) is 18.4 Å². The number of piperidine rings is 1. The molecule has 0 saturated carbocycles. The summed E-state index contributed by atoms with van der Waals surface area (Å²) in [5, 5.41) is 0. The van der Waals surface area contributed by atoms with E-state index in [0.717, 1.165) is 29.8 Å². The van der Waals surface area contributed by atoms with Crippen molar-refractivity contribution in [1.82, 2.24) is 13.6 Å². The molecule has 1 fully saturated rings. The maximum atomic E-state index is 12.4. The van der Waals surface area contributed by atoms with Gasteiger partial charge >= 0.3 is 0 Å². The molecule has 0 bridgehead atoms. The minimum absolute atomic E-state index is 0.133. The zero-order chi connectivity index (χ0) is 18.0. The van der Waals surface area contributed by atoms with Crippen LogP contribution in [0.5, 0.6) is 0 Å². The van der Waals surface area contributed by atoms with Gasteiger partial charge in [-0.2, -0.15) is 17.0 Å². The van der Waals surface area contributed by atoms with Gasteiger partial charge in [-0.1, -0.05) is 29.8 Å². The Hall–Kier alpha value is -1.76. The van der Waals surface area contributed by atoms with Gasteiger partial charge in [0.05, 0.1) is 5.69 Å². The number of benzene rings is 1. The molecule has 1 aliphatic rings. The van der Waals surface area contributed by atoms with E-state index in [9.17, 15) is 8.42 Å². The summed E-state index contributed by atoms with van der Waals surface area (Å²) in [6.07, 6.45) is 1.82. The molecule has 0 radical (unpaired) electrons. The number of rotatable bonds is 4. The van der Waals surface area contributed by atoms with Crippen molar-refractivity contribution in [3.8, 4) is 11.3 Å². The van der Waals surface area contributed by atoms with Gasteiger partial charge in [0.2, 0.25) is 0 Å². The van der Waals surface area contributed by atoms with Crippen LogP contribution in [-0.4, -0.2) is 49.2 Å². The van der Waals surface area contributed by atoms with E-state index in [0.29, 0.717) is 13.1 Å². The molecule has 1 aromatic carbocycles. The summed E-state index contributed by atoms with van der Waals surface area (Å²) in [6, 6.07) is 14.3. The van der Waals surface area contributed by atoms with Crippen LogP contribution in [0.4, 0.5) is 0 Å². The number of aryl methyl sites for hydroxylation is 1. The molecule has 1 aromatic heterocycles. The lowest BCUT2D eigenvalue weighted by atomic mass is 9.95. The molecule has 2 aromatic rings. The van der Waals surface area contributed by atoms with Crippen molar-refractivity contribution >= 4 is 10.2 Å². The van der Waals surface area contributed by atoms with Crippen LogP contribution in [0, 0.1) is 6.92 Å². The van der Waals surface area contributed by atoms with Crippen molar-refractivity contribution in [1.29, 1.82) is 0 Å².